The lowest BCUT2D eigenvalue weighted by molar-refractivity contribution is -0.119. The number of nitrogens with zero attached hydrogens (tertiary/aromatic N) is 3. The summed E-state index contributed by atoms with van der Waals surface area (Å²) in [6.07, 6.45) is 15.0. The average Bonchev–Trinajstić information content (AvgIpc) is 3.15. The van der Waals surface area contributed by atoms with Crippen LogP contribution in [-0.2, 0) is 11.3 Å². The number of aromatic nitrogens is 3. The summed E-state index contributed by atoms with van der Waals surface area (Å²) in [4.78, 5) is 25.6. The predicted octanol–water partition coefficient (Wildman–Crippen LogP) is 4.79. The van der Waals surface area contributed by atoms with E-state index in [0.29, 0.717) is 12.5 Å². The number of nitrogens with one attached hydrogen (secondary N) is 2. The van der Waals surface area contributed by atoms with Crippen LogP contribution in [0.3, 0.4) is 0 Å². The zero-order chi connectivity index (χ0) is 23.0. The van der Waals surface area contributed by atoms with Crippen molar-refractivity contribution in [3.8, 4) is 0 Å². The lowest BCUT2D eigenvalue weighted by Crippen LogP contribution is -2.62. The summed E-state index contributed by atoms with van der Waals surface area (Å²) in [5.74, 6) is 3.39. The van der Waals surface area contributed by atoms with Gasteiger partial charge >= 0.3 is 6.03 Å². The molecule has 4 bridgehead atoms. The number of carbonyl (C=O) groups is 2. The van der Waals surface area contributed by atoms with Crippen LogP contribution in [0.5, 0.6) is 0 Å². The maximum absolute atomic E-state index is 12.9. The lowest BCUT2D eigenvalue weighted by atomic mass is 9.53. The third-order valence-electron chi connectivity index (χ3n) is 8.33. The maximum Gasteiger partial charge on any atom is 0.321 e. The van der Waals surface area contributed by atoms with Gasteiger partial charge in [-0.05, 0) is 76.0 Å². The molecule has 0 saturated heterocycles. The molecule has 5 aliphatic carbocycles. The molecule has 8 heteroatoms. The van der Waals surface area contributed by atoms with Crippen LogP contribution in [-0.4, -0.2) is 37.5 Å². The van der Waals surface area contributed by atoms with Gasteiger partial charge < -0.3 is 9.88 Å². The summed E-state index contributed by atoms with van der Waals surface area (Å²) >= 11 is 1.36. The summed E-state index contributed by atoms with van der Waals surface area (Å²) in [6, 6.07) is -0.343. The number of thioether (sulfide) groups is 1. The number of hydrogen-bond acceptors (Lipinski definition) is 5. The summed E-state index contributed by atoms with van der Waals surface area (Å²) in [6.45, 7) is 6.34. The van der Waals surface area contributed by atoms with Gasteiger partial charge in [0.15, 0.2) is 5.16 Å². The van der Waals surface area contributed by atoms with Gasteiger partial charge in [-0.1, -0.05) is 37.1 Å². The van der Waals surface area contributed by atoms with Gasteiger partial charge in [0, 0.05) is 18.0 Å². The Hall–Kier alpha value is -1.83. The van der Waals surface area contributed by atoms with Gasteiger partial charge in [0.2, 0.25) is 5.91 Å². The Kier molecular flexibility index (Phi) is 6.56. The van der Waals surface area contributed by atoms with E-state index < -0.39 is 5.25 Å². The third kappa shape index (κ3) is 4.86. The summed E-state index contributed by atoms with van der Waals surface area (Å²) in [5.41, 5.74) is -0.103. The Labute approximate surface area is 200 Å². The van der Waals surface area contributed by atoms with Crippen molar-refractivity contribution in [3.63, 3.8) is 0 Å². The van der Waals surface area contributed by atoms with E-state index in [1.54, 1.807) is 0 Å². The van der Waals surface area contributed by atoms with Crippen molar-refractivity contribution in [2.45, 2.75) is 106 Å². The largest absolute Gasteiger partial charge is 0.332 e. The highest BCUT2D eigenvalue weighted by atomic mass is 32.2. The molecule has 0 unspecified atom stereocenters. The Morgan fingerprint density at radius 1 is 1.12 bits per heavy atom. The average molecular weight is 472 g/mol. The number of amides is 3. The van der Waals surface area contributed by atoms with Crippen molar-refractivity contribution in [1.29, 1.82) is 0 Å². The molecule has 1 atom stereocenters. The fourth-order valence-corrected chi connectivity index (χ4v) is 8.18. The Morgan fingerprint density at radius 2 is 1.76 bits per heavy atom. The van der Waals surface area contributed by atoms with Crippen LogP contribution in [0.2, 0.25) is 0 Å². The number of imide groups is 1. The van der Waals surface area contributed by atoms with Crippen LogP contribution in [0, 0.1) is 17.8 Å². The van der Waals surface area contributed by atoms with Gasteiger partial charge in [-0.3, -0.25) is 10.1 Å². The molecule has 5 fully saturated rings. The lowest BCUT2D eigenvalue weighted by Gasteiger charge is -2.56. The summed E-state index contributed by atoms with van der Waals surface area (Å²) in [5, 5.41) is 15.0. The van der Waals surface area contributed by atoms with E-state index in [9.17, 15) is 9.59 Å². The molecule has 3 amide bonds. The van der Waals surface area contributed by atoms with Crippen molar-refractivity contribution in [2.24, 2.45) is 17.8 Å². The quantitative estimate of drug-likeness (QED) is 0.441. The third-order valence-corrected chi connectivity index (χ3v) is 9.41. The first-order valence-corrected chi connectivity index (χ1v) is 13.7. The van der Waals surface area contributed by atoms with E-state index in [2.05, 4.69) is 32.0 Å². The second-order valence-electron chi connectivity index (χ2n) is 11.0. The van der Waals surface area contributed by atoms with Crippen molar-refractivity contribution >= 4 is 23.7 Å². The monoisotopic (exact) mass is 471 g/mol. The zero-order valence-electron chi connectivity index (χ0n) is 19.7. The zero-order valence-corrected chi connectivity index (χ0v) is 20.5. The van der Waals surface area contributed by atoms with E-state index >= 15 is 0 Å². The minimum Gasteiger partial charge on any atom is -0.332 e. The molecular formula is C25H37N5O2S. The number of hydrogen-bond donors (Lipinski definition) is 2. The van der Waals surface area contributed by atoms with Crippen molar-refractivity contribution < 1.29 is 9.59 Å². The molecule has 33 heavy (non-hydrogen) atoms. The van der Waals surface area contributed by atoms with E-state index in [4.69, 9.17) is 0 Å². The van der Waals surface area contributed by atoms with Crippen LogP contribution in [0.1, 0.15) is 89.3 Å². The number of rotatable bonds is 7. The van der Waals surface area contributed by atoms with Crippen molar-refractivity contribution in [3.05, 3.63) is 18.5 Å². The molecular weight excluding hydrogens is 434 g/mol. The Balaban J connectivity index is 1.19. The first-order chi connectivity index (χ1) is 15.9. The SMILES string of the molecule is C=CCn1c(S[C@H](C)C(=O)NC(=O)NC23CC4CC(CC(C4)C2)C3)nnc1C1CCCCC1. The molecule has 0 radical (unpaired) electrons. The predicted molar refractivity (Wildman–Crippen MR) is 129 cm³/mol. The van der Waals surface area contributed by atoms with Crippen LogP contribution in [0.25, 0.3) is 0 Å². The normalized spacial score (nSPS) is 31.8. The van der Waals surface area contributed by atoms with Gasteiger partial charge in [0.05, 0.1) is 5.25 Å². The first-order valence-electron chi connectivity index (χ1n) is 12.8. The van der Waals surface area contributed by atoms with Gasteiger partial charge in [-0.15, -0.1) is 16.8 Å². The highest BCUT2D eigenvalue weighted by molar-refractivity contribution is 8.00. The highest BCUT2D eigenvalue weighted by Crippen LogP contribution is 2.55. The number of urea groups is 1. The standard InChI is InChI=1S/C25H37N5O2S/c1-3-9-30-21(20-7-5-4-6-8-20)28-29-24(30)33-16(2)22(31)26-23(32)27-25-13-17-10-18(14-25)12-19(11-17)15-25/h3,16-20H,1,4-15H2,2H3,(H2,26,27,31,32)/t16-,17?,18?,19?,25?/m1/s1. The van der Waals surface area contributed by atoms with Gasteiger partial charge in [-0.25, -0.2) is 4.79 Å². The number of allylic oxidation sites excluding steroid dienone is 1. The van der Waals surface area contributed by atoms with Gasteiger partial charge in [-0.2, -0.15) is 0 Å². The first kappa shape index (κ1) is 22.9. The fraction of sp³-hybridized carbons (Fsp3) is 0.760. The van der Waals surface area contributed by atoms with Crippen LogP contribution in [0.15, 0.2) is 17.8 Å². The minimum atomic E-state index is -0.445. The van der Waals surface area contributed by atoms with E-state index in [1.165, 1.54) is 50.3 Å². The van der Waals surface area contributed by atoms with Gasteiger partial charge in [0.25, 0.3) is 0 Å². The minimum absolute atomic E-state index is 0.103. The maximum atomic E-state index is 12.9. The second-order valence-corrected chi connectivity index (χ2v) is 12.3. The molecule has 7 nitrogen and oxygen atoms in total. The molecule has 5 saturated carbocycles. The molecule has 0 spiro atoms. The van der Waals surface area contributed by atoms with Crippen LogP contribution in [0.4, 0.5) is 4.79 Å². The van der Waals surface area contributed by atoms with Crippen LogP contribution < -0.4 is 10.6 Å². The molecule has 0 aliphatic heterocycles. The molecule has 6 rings (SSSR count). The molecule has 1 heterocycles. The molecule has 5 aliphatic rings. The molecule has 0 aromatic carbocycles. The Morgan fingerprint density at radius 3 is 2.36 bits per heavy atom. The van der Waals surface area contributed by atoms with Crippen molar-refractivity contribution in [2.75, 3.05) is 0 Å². The molecule has 1 aromatic rings. The summed E-state index contributed by atoms with van der Waals surface area (Å²) < 4.78 is 2.09. The van der Waals surface area contributed by atoms with Crippen molar-refractivity contribution in [1.82, 2.24) is 25.4 Å². The topological polar surface area (TPSA) is 88.9 Å². The molecule has 180 valence electrons. The second kappa shape index (κ2) is 9.43. The Bertz CT molecular complexity index is 871. The summed E-state index contributed by atoms with van der Waals surface area (Å²) in [7, 11) is 0. The number of carbonyl (C=O) groups excluding carboxylic acids is 2. The highest BCUT2D eigenvalue weighted by Gasteiger charge is 2.51. The smallest absolute Gasteiger partial charge is 0.321 e. The molecule has 1 aromatic heterocycles. The van der Waals surface area contributed by atoms with E-state index in [1.807, 2.05) is 13.0 Å². The van der Waals surface area contributed by atoms with Crippen LogP contribution >= 0.6 is 11.8 Å². The van der Waals surface area contributed by atoms with E-state index in [-0.39, 0.29) is 17.5 Å². The van der Waals surface area contributed by atoms with Gasteiger partial charge in [0.1, 0.15) is 5.82 Å². The van der Waals surface area contributed by atoms with E-state index in [0.717, 1.165) is 60.8 Å². The fourth-order valence-electron chi connectivity index (χ4n) is 7.31. The molecule has 2 N–H and O–H groups in total.